The summed E-state index contributed by atoms with van der Waals surface area (Å²) in [4.78, 5) is 39.2. The molecule has 32 heavy (non-hydrogen) atoms. The zero-order chi connectivity index (χ0) is 23.5. The molecule has 8 nitrogen and oxygen atoms in total. The van der Waals surface area contributed by atoms with E-state index in [1.165, 1.54) is 0 Å². The second kappa shape index (κ2) is 13.4. The molecule has 176 valence electrons. The van der Waals surface area contributed by atoms with Crippen LogP contribution in [0.1, 0.15) is 56.3 Å². The average Bonchev–Trinajstić information content (AvgIpc) is 2.77. The number of hydrogen-bond acceptors (Lipinski definition) is 6. The van der Waals surface area contributed by atoms with Gasteiger partial charge < -0.3 is 19.7 Å². The number of unbranched alkanes of at least 4 members (excludes halogenated alkanes) is 2. The van der Waals surface area contributed by atoms with Crippen molar-refractivity contribution in [1.82, 2.24) is 15.5 Å². The number of carbonyl (C=O) groups is 3. The minimum Gasteiger partial charge on any atom is -0.493 e. The Bertz CT molecular complexity index is 836. The molecule has 1 fully saturated rings. The van der Waals surface area contributed by atoms with E-state index in [-0.39, 0.29) is 17.4 Å². The normalized spacial score (nSPS) is 15.7. The number of thiocarbonyl (C=S) groups is 1. The molecule has 0 saturated carbocycles. The van der Waals surface area contributed by atoms with Crippen LogP contribution in [-0.4, -0.2) is 60.1 Å². The predicted molar refractivity (Wildman–Crippen MR) is 129 cm³/mol. The summed E-state index contributed by atoms with van der Waals surface area (Å²) in [5.74, 6) is -0.800. The quantitative estimate of drug-likeness (QED) is 0.274. The van der Waals surface area contributed by atoms with Crippen molar-refractivity contribution in [2.24, 2.45) is 0 Å². The van der Waals surface area contributed by atoms with E-state index in [4.69, 9.17) is 21.7 Å². The van der Waals surface area contributed by atoms with Gasteiger partial charge in [-0.15, -0.1) is 0 Å². The lowest BCUT2D eigenvalue weighted by molar-refractivity contribution is -0.147. The number of nitrogens with one attached hydrogen (secondary N) is 2. The third-order valence-electron chi connectivity index (χ3n) is 4.83. The first-order valence-electron chi connectivity index (χ1n) is 10.8. The molecule has 1 heterocycles. The smallest absolute Gasteiger partial charge is 0.308 e. The standard InChI is InChI=1S/C22H30BrN3O5S/c1-3-5-6-12-31-19(27)14-17-21(29)24-9-10-26(17)22(32)25-20(28)16-13-15(23)7-8-18(16)30-11-4-2/h7-8,13,17H,3-6,9-12,14H2,1-2H3,(H,24,29)(H,25,28,32). The Morgan fingerprint density at radius 2 is 2.03 bits per heavy atom. The molecular formula is C22H30BrN3O5S. The van der Waals surface area contributed by atoms with Gasteiger partial charge in [0.05, 0.1) is 25.2 Å². The maximum Gasteiger partial charge on any atom is 0.308 e. The molecule has 1 atom stereocenters. The Kier molecular flexibility index (Phi) is 10.9. The molecule has 2 rings (SSSR count). The highest BCUT2D eigenvalue weighted by molar-refractivity contribution is 9.10. The Morgan fingerprint density at radius 3 is 2.75 bits per heavy atom. The van der Waals surface area contributed by atoms with E-state index in [2.05, 4.69) is 33.5 Å². The number of rotatable bonds is 10. The first-order chi connectivity index (χ1) is 15.4. The predicted octanol–water partition coefficient (Wildman–Crippen LogP) is 3.18. The summed E-state index contributed by atoms with van der Waals surface area (Å²) in [5.41, 5.74) is 0.323. The third kappa shape index (κ3) is 7.74. The first-order valence-corrected chi connectivity index (χ1v) is 12.0. The van der Waals surface area contributed by atoms with E-state index in [1.54, 1.807) is 23.1 Å². The summed E-state index contributed by atoms with van der Waals surface area (Å²) in [6.07, 6.45) is 3.43. The maximum absolute atomic E-state index is 12.9. The highest BCUT2D eigenvalue weighted by Gasteiger charge is 2.34. The average molecular weight is 528 g/mol. The number of ether oxygens (including phenoxy) is 2. The Labute approximate surface area is 202 Å². The summed E-state index contributed by atoms with van der Waals surface area (Å²) in [7, 11) is 0. The lowest BCUT2D eigenvalue weighted by atomic mass is 10.1. The van der Waals surface area contributed by atoms with E-state index in [1.807, 2.05) is 6.92 Å². The fourth-order valence-electron chi connectivity index (χ4n) is 3.17. The molecule has 0 aromatic heterocycles. The van der Waals surface area contributed by atoms with Crippen LogP contribution in [0.15, 0.2) is 22.7 Å². The molecule has 10 heteroatoms. The van der Waals surface area contributed by atoms with Gasteiger partial charge in [-0.25, -0.2) is 0 Å². The van der Waals surface area contributed by atoms with Crippen molar-refractivity contribution < 1.29 is 23.9 Å². The zero-order valence-corrected chi connectivity index (χ0v) is 20.9. The second-order valence-corrected chi connectivity index (χ2v) is 8.68. The fourth-order valence-corrected chi connectivity index (χ4v) is 3.84. The van der Waals surface area contributed by atoms with Gasteiger partial charge in [-0.1, -0.05) is 42.6 Å². The number of piperazine rings is 1. The molecule has 1 unspecified atom stereocenters. The minimum atomic E-state index is -0.839. The van der Waals surface area contributed by atoms with Crippen molar-refractivity contribution >= 4 is 51.0 Å². The summed E-state index contributed by atoms with van der Waals surface area (Å²) < 4.78 is 11.6. The lowest BCUT2D eigenvalue weighted by Gasteiger charge is -2.36. The number of amides is 2. The number of benzene rings is 1. The van der Waals surface area contributed by atoms with Crippen molar-refractivity contribution in [3.05, 3.63) is 28.2 Å². The van der Waals surface area contributed by atoms with Gasteiger partial charge in [0, 0.05) is 17.6 Å². The van der Waals surface area contributed by atoms with Gasteiger partial charge in [-0.05, 0) is 43.3 Å². The highest BCUT2D eigenvalue weighted by atomic mass is 79.9. The van der Waals surface area contributed by atoms with Crippen LogP contribution in [0.2, 0.25) is 0 Å². The lowest BCUT2D eigenvalue weighted by Crippen LogP contribution is -2.60. The summed E-state index contributed by atoms with van der Waals surface area (Å²) in [6.45, 7) is 5.57. The van der Waals surface area contributed by atoms with Crippen LogP contribution >= 0.6 is 28.1 Å². The minimum absolute atomic E-state index is 0.0788. The SMILES string of the molecule is CCCCCOC(=O)CC1C(=O)NCCN1C(=S)NC(=O)c1cc(Br)ccc1OCCC. The molecule has 0 bridgehead atoms. The van der Waals surface area contributed by atoms with Crippen LogP contribution in [0.25, 0.3) is 0 Å². The monoisotopic (exact) mass is 527 g/mol. The highest BCUT2D eigenvalue weighted by Crippen LogP contribution is 2.24. The van der Waals surface area contributed by atoms with Crippen LogP contribution in [0.4, 0.5) is 0 Å². The maximum atomic E-state index is 12.9. The molecule has 1 saturated heterocycles. The molecule has 0 aliphatic carbocycles. The molecule has 0 spiro atoms. The second-order valence-electron chi connectivity index (χ2n) is 7.38. The Morgan fingerprint density at radius 1 is 1.25 bits per heavy atom. The first kappa shape index (κ1) is 26.1. The van der Waals surface area contributed by atoms with Crippen molar-refractivity contribution in [3.8, 4) is 5.75 Å². The molecule has 1 aromatic carbocycles. The summed E-state index contributed by atoms with van der Waals surface area (Å²) in [6, 6.07) is 4.31. The molecule has 2 amide bonds. The van der Waals surface area contributed by atoms with Gasteiger partial charge >= 0.3 is 5.97 Å². The summed E-state index contributed by atoms with van der Waals surface area (Å²) >= 11 is 8.80. The fraction of sp³-hybridized carbons (Fsp3) is 0.545. The van der Waals surface area contributed by atoms with Crippen LogP contribution < -0.4 is 15.4 Å². The van der Waals surface area contributed by atoms with Crippen molar-refractivity contribution in [3.63, 3.8) is 0 Å². The number of hydrogen-bond donors (Lipinski definition) is 2. The Balaban J connectivity index is 2.06. The number of esters is 1. The molecule has 2 N–H and O–H groups in total. The molecule has 0 radical (unpaired) electrons. The van der Waals surface area contributed by atoms with Crippen molar-refractivity contribution in [2.75, 3.05) is 26.3 Å². The number of nitrogens with zero attached hydrogens (tertiary/aromatic N) is 1. The third-order valence-corrected chi connectivity index (χ3v) is 5.66. The van der Waals surface area contributed by atoms with Crippen LogP contribution in [0.5, 0.6) is 5.75 Å². The largest absolute Gasteiger partial charge is 0.493 e. The van der Waals surface area contributed by atoms with Gasteiger partial charge in [-0.3, -0.25) is 19.7 Å². The summed E-state index contributed by atoms with van der Waals surface area (Å²) in [5, 5.41) is 5.49. The van der Waals surface area contributed by atoms with Crippen LogP contribution in [0, 0.1) is 0 Å². The number of carbonyl (C=O) groups excluding carboxylic acids is 3. The van der Waals surface area contributed by atoms with Gasteiger partial charge in [-0.2, -0.15) is 0 Å². The molecular weight excluding hydrogens is 498 g/mol. The zero-order valence-electron chi connectivity index (χ0n) is 18.4. The molecule has 1 aliphatic heterocycles. The van der Waals surface area contributed by atoms with Gasteiger partial charge in [0.15, 0.2) is 5.11 Å². The molecule has 1 aliphatic rings. The molecule has 1 aromatic rings. The van der Waals surface area contributed by atoms with Crippen molar-refractivity contribution in [2.45, 2.75) is 52.0 Å². The van der Waals surface area contributed by atoms with E-state index in [0.29, 0.717) is 37.6 Å². The Hall–Kier alpha value is -2.20. The van der Waals surface area contributed by atoms with E-state index in [9.17, 15) is 14.4 Å². The topological polar surface area (TPSA) is 97.0 Å². The van der Waals surface area contributed by atoms with Crippen molar-refractivity contribution in [1.29, 1.82) is 0 Å². The van der Waals surface area contributed by atoms with E-state index < -0.39 is 17.9 Å². The van der Waals surface area contributed by atoms with E-state index in [0.717, 1.165) is 30.2 Å². The number of halogens is 1. The van der Waals surface area contributed by atoms with Crippen LogP contribution in [-0.2, 0) is 14.3 Å². The van der Waals surface area contributed by atoms with Gasteiger partial charge in [0.25, 0.3) is 5.91 Å². The van der Waals surface area contributed by atoms with Gasteiger partial charge in [0.1, 0.15) is 11.8 Å². The van der Waals surface area contributed by atoms with E-state index >= 15 is 0 Å². The van der Waals surface area contributed by atoms with Gasteiger partial charge in [0.2, 0.25) is 5.91 Å². The van der Waals surface area contributed by atoms with Crippen LogP contribution in [0.3, 0.4) is 0 Å².